The summed E-state index contributed by atoms with van der Waals surface area (Å²) in [6, 6.07) is 5.07. The van der Waals surface area contributed by atoms with E-state index in [1.807, 2.05) is 20.8 Å². The second-order valence-electron chi connectivity index (χ2n) is 9.24. The van der Waals surface area contributed by atoms with Gasteiger partial charge in [-0.25, -0.2) is 18.2 Å². The van der Waals surface area contributed by atoms with Gasteiger partial charge < -0.3 is 10.1 Å². The van der Waals surface area contributed by atoms with E-state index in [1.165, 1.54) is 0 Å². The van der Waals surface area contributed by atoms with E-state index in [2.05, 4.69) is 10.3 Å². The molecule has 0 bridgehead atoms. The number of nitrogens with zero attached hydrogens (tertiary/aromatic N) is 1. The Morgan fingerprint density at radius 3 is 2.20 bits per heavy atom. The molecule has 1 aromatic heterocycles. The van der Waals surface area contributed by atoms with Crippen LogP contribution in [0.25, 0.3) is 0 Å². The zero-order chi connectivity index (χ0) is 17.6. The molecule has 1 N–H and O–H groups in total. The molecule has 7 heteroatoms. The van der Waals surface area contributed by atoms with Crippen molar-refractivity contribution >= 4 is 15.9 Å². The molecule has 0 unspecified atom stereocenters. The Hall–Kier alpha value is -1.63. The number of hydrogen-bond acceptors (Lipinski definition) is 5. The molecule has 0 atom stereocenters. The van der Waals surface area contributed by atoms with E-state index < -0.39 is 20.2 Å². The minimum absolute atomic E-state index is 0.163. The lowest BCUT2D eigenvalue weighted by molar-refractivity contribution is -0.560. The SMILES string of the molecule is CC(C)(C)OC(=O)NC12C3C4C1C1C2C3C41S(=O)(=O)c1ccccn1. The molecule has 6 nitrogen and oxygen atoms in total. The van der Waals surface area contributed by atoms with Gasteiger partial charge in [0.05, 0.1) is 10.3 Å². The molecule has 7 rings (SSSR count). The first-order valence-electron chi connectivity index (χ1n) is 8.86. The number of nitrogens with one attached hydrogen (secondary N) is 1. The van der Waals surface area contributed by atoms with E-state index in [4.69, 9.17) is 4.74 Å². The molecule has 0 aliphatic heterocycles. The average Bonchev–Trinajstić information content (AvgIpc) is 2.54. The van der Waals surface area contributed by atoms with E-state index in [-0.39, 0.29) is 34.4 Å². The average molecular weight is 360 g/mol. The molecule has 6 aliphatic carbocycles. The molecule has 25 heavy (non-hydrogen) atoms. The molecule has 6 saturated carbocycles. The van der Waals surface area contributed by atoms with Gasteiger partial charge in [-0.2, -0.15) is 0 Å². The van der Waals surface area contributed by atoms with Crippen molar-refractivity contribution in [3.8, 4) is 0 Å². The van der Waals surface area contributed by atoms with Gasteiger partial charge in [0.15, 0.2) is 5.03 Å². The number of hydrogen-bond donors (Lipinski definition) is 1. The third-order valence-corrected chi connectivity index (χ3v) is 10.2. The summed E-state index contributed by atoms with van der Waals surface area (Å²) in [5.41, 5.74) is -0.684. The Kier molecular flexibility index (Phi) is 2.08. The Labute approximate surface area is 146 Å². The number of sulfone groups is 1. The van der Waals surface area contributed by atoms with Crippen LogP contribution in [0.2, 0.25) is 0 Å². The molecule has 0 radical (unpaired) electrons. The minimum atomic E-state index is -3.39. The third-order valence-electron chi connectivity index (χ3n) is 7.64. The quantitative estimate of drug-likeness (QED) is 0.885. The molecule has 1 heterocycles. The van der Waals surface area contributed by atoms with Gasteiger partial charge in [0.2, 0.25) is 9.84 Å². The first kappa shape index (κ1) is 14.5. The second-order valence-corrected chi connectivity index (χ2v) is 11.4. The van der Waals surface area contributed by atoms with Crippen LogP contribution in [0.15, 0.2) is 29.4 Å². The normalized spacial score (nSPS) is 49.4. The van der Waals surface area contributed by atoms with Crippen LogP contribution in [0.1, 0.15) is 20.8 Å². The number of carbonyl (C=O) groups excluding carboxylic acids is 1. The highest BCUT2D eigenvalue weighted by Gasteiger charge is 3.13. The smallest absolute Gasteiger partial charge is 0.408 e. The van der Waals surface area contributed by atoms with Crippen molar-refractivity contribution in [1.29, 1.82) is 0 Å². The predicted octanol–water partition coefficient (Wildman–Crippen LogP) is 1.62. The fourth-order valence-electron chi connectivity index (χ4n) is 7.38. The van der Waals surface area contributed by atoms with Gasteiger partial charge in [0, 0.05) is 6.20 Å². The lowest BCUT2D eigenvalue weighted by atomic mass is 8.98. The number of carbonyl (C=O) groups is 1. The topological polar surface area (TPSA) is 85.4 Å². The maximum atomic E-state index is 13.2. The Balaban J connectivity index is 1.26. The summed E-state index contributed by atoms with van der Waals surface area (Å²) in [7, 11) is -3.39. The Morgan fingerprint density at radius 2 is 1.72 bits per heavy atom. The zero-order valence-electron chi connectivity index (χ0n) is 14.3. The van der Waals surface area contributed by atoms with Crippen molar-refractivity contribution in [1.82, 2.24) is 10.3 Å². The second kappa shape index (κ2) is 3.59. The highest BCUT2D eigenvalue weighted by molar-refractivity contribution is 7.93. The number of alkyl carbamates (subject to hydrolysis) is 1. The summed E-state index contributed by atoms with van der Waals surface area (Å²) in [6.45, 7) is 5.54. The molecule has 6 fully saturated rings. The van der Waals surface area contributed by atoms with Crippen LogP contribution in [0.4, 0.5) is 4.79 Å². The van der Waals surface area contributed by atoms with E-state index in [0.717, 1.165) is 0 Å². The summed E-state index contributed by atoms with van der Waals surface area (Å²) < 4.78 is 31.1. The van der Waals surface area contributed by atoms with Gasteiger partial charge >= 0.3 is 6.09 Å². The standard InChI is InChI=1S/C18H20N2O4S/c1-16(2,3)24-15(21)20-17-9-12-10(17)14-11(17)13(9)18(12,14)25(22,23)8-6-4-5-7-19-8/h4-7,9-14H,1-3H3,(H,20,21). The van der Waals surface area contributed by atoms with Gasteiger partial charge in [-0.1, -0.05) is 6.07 Å². The first-order valence-corrected chi connectivity index (χ1v) is 10.3. The lowest BCUT2D eigenvalue weighted by Crippen LogP contribution is -3.18. The molecule has 1 amide bonds. The largest absolute Gasteiger partial charge is 0.444 e. The van der Waals surface area contributed by atoms with Crippen LogP contribution >= 0.6 is 0 Å². The van der Waals surface area contributed by atoms with Gasteiger partial charge in [-0.05, 0) is 68.4 Å². The number of aromatic nitrogens is 1. The van der Waals surface area contributed by atoms with Crippen molar-refractivity contribution < 1.29 is 17.9 Å². The van der Waals surface area contributed by atoms with Crippen LogP contribution in [0.3, 0.4) is 0 Å². The number of amides is 1. The van der Waals surface area contributed by atoms with Gasteiger partial charge in [0.1, 0.15) is 5.60 Å². The van der Waals surface area contributed by atoms with Crippen molar-refractivity contribution in [2.45, 2.75) is 41.7 Å². The monoisotopic (exact) mass is 360 g/mol. The minimum Gasteiger partial charge on any atom is -0.444 e. The fourth-order valence-corrected chi connectivity index (χ4v) is 10.2. The van der Waals surface area contributed by atoms with E-state index in [0.29, 0.717) is 17.8 Å². The maximum absolute atomic E-state index is 13.2. The van der Waals surface area contributed by atoms with E-state index in [1.54, 1.807) is 24.4 Å². The first-order chi connectivity index (χ1) is 11.7. The van der Waals surface area contributed by atoms with Crippen LogP contribution in [-0.4, -0.2) is 35.4 Å². The summed E-state index contributed by atoms with van der Waals surface area (Å²) in [5, 5.41) is 3.31. The Morgan fingerprint density at radius 1 is 1.12 bits per heavy atom. The molecule has 1 aromatic rings. The number of pyridine rings is 1. The van der Waals surface area contributed by atoms with Crippen molar-refractivity contribution in [2.24, 2.45) is 35.5 Å². The van der Waals surface area contributed by atoms with Crippen molar-refractivity contribution in [2.75, 3.05) is 0 Å². The van der Waals surface area contributed by atoms with Crippen LogP contribution < -0.4 is 5.32 Å². The van der Waals surface area contributed by atoms with Crippen LogP contribution in [-0.2, 0) is 14.6 Å². The predicted molar refractivity (Wildman–Crippen MR) is 87.2 cm³/mol. The Bertz CT molecular complexity index is 880. The van der Waals surface area contributed by atoms with Crippen molar-refractivity contribution in [3.63, 3.8) is 0 Å². The summed E-state index contributed by atoms with van der Waals surface area (Å²) in [6.07, 6.45) is 1.17. The maximum Gasteiger partial charge on any atom is 0.408 e. The highest BCUT2D eigenvalue weighted by atomic mass is 32.2. The van der Waals surface area contributed by atoms with E-state index >= 15 is 0 Å². The van der Waals surface area contributed by atoms with Crippen molar-refractivity contribution in [3.05, 3.63) is 24.4 Å². The number of ether oxygens (including phenoxy) is 1. The molecule has 0 spiro atoms. The molecule has 132 valence electrons. The van der Waals surface area contributed by atoms with Gasteiger partial charge in [-0.3, -0.25) is 0 Å². The third kappa shape index (κ3) is 1.11. The van der Waals surface area contributed by atoms with E-state index in [9.17, 15) is 13.2 Å². The molecule has 0 saturated heterocycles. The van der Waals surface area contributed by atoms with Gasteiger partial charge in [-0.15, -0.1) is 0 Å². The zero-order valence-corrected chi connectivity index (χ0v) is 15.1. The summed E-state index contributed by atoms with van der Waals surface area (Å²) >= 11 is 0. The molecule has 0 aromatic carbocycles. The van der Waals surface area contributed by atoms with Crippen LogP contribution in [0.5, 0.6) is 0 Å². The van der Waals surface area contributed by atoms with Crippen LogP contribution in [0, 0.1) is 35.5 Å². The fraction of sp³-hybridized carbons (Fsp3) is 0.667. The number of rotatable bonds is 3. The van der Waals surface area contributed by atoms with Gasteiger partial charge in [0.25, 0.3) is 0 Å². The lowest BCUT2D eigenvalue weighted by Gasteiger charge is -3.09. The summed E-state index contributed by atoms with van der Waals surface area (Å²) in [5.74, 6) is 1.56. The molecular formula is C18H20N2O4S. The highest BCUT2D eigenvalue weighted by Crippen LogP contribution is 3.05. The molecule has 6 aliphatic rings. The summed E-state index contributed by atoms with van der Waals surface area (Å²) in [4.78, 5) is 16.3. The molecular weight excluding hydrogens is 340 g/mol.